The molecule has 0 aliphatic heterocycles. The van der Waals surface area contributed by atoms with Gasteiger partial charge in [0.2, 0.25) is 0 Å². The minimum Gasteiger partial charge on any atom is -0.375 e. The average molecular weight is 192 g/mol. The summed E-state index contributed by atoms with van der Waals surface area (Å²) in [5.74, 6) is 0. The van der Waals surface area contributed by atoms with E-state index in [0.717, 1.165) is 0 Å². The molecule has 0 aromatic heterocycles. The molecule has 0 saturated carbocycles. The third-order valence-electron chi connectivity index (χ3n) is 1.40. The van der Waals surface area contributed by atoms with Gasteiger partial charge in [0.1, 0.15) is 6.61 Å². The minimum absolute atomic E-state index is 0.190. The molecule has 3 nitrogen and oxygen atoms in total. The summed E-state index contributed by atoms with van der Waals surface area (Å²) < 4.78 is 27.8. The number of rotatable bonds is 7. The zero-order valence-corrected chi connectivity index (χ0v) is 7.59. The number of hydrogen-bond acceptors (Lipinski definition) is 3. The lowest BCUT2D eigenvalue weighted by Gasteiger charge is -2.09. The Hall–Kier alpha value is -0.730. The second-order valence-electron chi connectivity index (χ2n) is 2.49. The number of alkyl halides is 2. The van der Waals surface area contributed by atoms with Crippen LogP contribution < -0.4 is 5.32 Å². The Morgan fingerprint density at radius 1 is 1.54 bits per heavy atom. The van der Waals surface area contributed by atoms with Crippen molar-refractivity contribution in [3.05, 3.63) is 0 Å². The van der Waals surface area contributed by atoms with Gasteiger partial charge in [0.25, 0.3) is 6.43 Å². The molecule has 13 heavy (non-hydrogen) atoms. The van der Waals surface area contributed by atoms with Crippen molar-refractivity contribution in [2.75, 3.05) is 19.8 Å². The molecule has 0 amide bonds. The van der Waals surface area contributed by atoms with Gasteiger partial charge in [-0.2, -0.15) is 5.26 Å². The molecule has 0 aliphatic carbocycles. The van der Waals surface area contributed by atoms with Gasteiger partial charge < -0.3 is 10.1 Å². The van der Waals surface area contributed by atoms with E-state index in [2.05, 4.69) is 10.1 Å². The highest BCUT2D eigenvalue weighted by molar-refractivity contribution is 4.88. The fraction of sp³-hybridized carbons (Fsp3) is 0.875. The van der Waals surface area contributed by atoms with E-state index in [1.807, 2.05) is 13.0 Å². The number of ether oxygens (including phenoxy) is 1. The van der Waals surface area contributed by atoms with Crippen molar-refractivity contribution >= 4 is 0 Å². The third kappa shape index (κ3) is 7.62. The zero-order valence-electron chi connectivity index (χ0n) is 7.59. The van der Waals surface area contributed by atoms with Crippen LogP contribution in [0.25, 0.3) is 0 Å². The van der Waals surface area contributed by atoms with E-state index in [1.54, 1.807) is 0 Å². The van der Waals surface area contributed by atoms with E-state index in [9.17, 15) is 8.78 Å². The van der Waals surface area contributed by atoms with Crippen LogP contribution in [0.5, 0.6) is 0 Å². The Kier molecular flexibility index (Phi) is 7.45. The maximum atomic E-state index is 11.6. The number of nitrogens with one attached hydrogen (secondary N) is 1. The van der Waals surface area contributed by atoms with Gasteiger partial charge >= 0.3 is 0 Å². The Morgan fingerprint density at radius 3 is 2.69 bits per heavy atom. The Morgan fingerprint density at radius 2 is 2.23 bits per heavy atom. The molecular formula is C8H14F2N2O. The molecular weight excluding hydrogens is 178 g/mol. The van der Waals surface area contributed by atoms with Gasteiger partial charge in [-0.3, -0.25) is 0 Å². The van der Waals surface area contributed by atoms with Gasteiger partial charge in [-0.15, -0.1) is 0 Å². The molecule has 0 radical (unpaired) electrons. The molecule has 0 rings (SSSR count). The lowest BCUT2D eigenvalue weighted by Crippen LogP contribution is -2.28. The fourth-order valence-corrected chi connectivity index (χ4v) is 0.832. The van der Waals surface area contributed by atoms with E-state index in [4.69, 9.17) is 5.26 Å². The summed E-state index contributed by atoms with van der Waals surface area (Å²) in [6, 6.07) is 1.71. The minimum atomic E-state index is -2.43. The SMILES string of the molecule is CCNC(C#N)CCOCC(F)F. The van der Waals surface area contributed by atoms with Crippen LogP contribution in [0.3, 0.4) is 0 Å². The summed E-state index contributed by atoms with van der Waals surface area (Å²) in [4.78, 5) is 0. The standard InChI is InChI=1S/C8H14F2N2O/c1-2-12-7(5-11)3-4-13-6-8(9)10/h7-8,12H,2-4,6H2,1H3. The summed E-state index contributed by atoms with van der Waals surface area (Å²) in [7, 11) is 0. The predicted molar refractivity (Wildman–Crippen MR) is 44.5 cm³/mol. The maximum absolute atomic E-state index is 11.6. The van der Waals surface area contributed by atoms with Gasteiger partial charge in [-0.05, 0) is 13.0 Å². The van der Waals surface area contributed by atoms with Crippen molar-refractivity contribution in [2.24, 2.45) is 0 Å². The number of nitrogens with zero attached hydrogens (tertiary/aromatic N) is 1. The smallest absolute Gasteiger partial charge is 0.261 e. The molecule has 0 heterocycles. The molecule has 0 aliphatic rings. The normalized spacial score (nSPS) is 12.8. The quantitative estimate of drug-likeness (QED) is 0.615. The second kappa shape index (κ2) is 7.90. The van der Waals surface area contributed by atoms with Crippen LogP contribution in [-0.4, -0.2) is 32.2 Å². The van der Waals surface area contributed by atoms with Crippen LogP contribution in [0.15, 0.2) is 0 Å². The van der Waals surface area contributed by atoms with Crippen LogP contribution >= 0.6 is 0 Å². The highest BCUT2D eigenvalue weighted by Crippen LogP contribution is 1.95. The van der Waals surface area contributed by atoms with Gasteiger partial charge in [-0.25, -0.2) is 8.78 Å². The molecule has 0 saturated heterocycles. The first-order valence-corrected chi connectivity index (χ1v) is 4.19. The van der Waals surface area contributed by atoms with Crippen molar-refractivity contribution in [2.45, 2.75) is 25.8 Å². The molecule has 5 heteroatoms. The first-order valence-electron chi connectivity index (χ1n) is 4.19. The summed E-state index contributed by atoms with van der Waals surface area (Å²) in [6.45, 7) is 2.21. The van der Waals surface area contributed by atoms with Crippen molar-refractivity contribution < 1.29 is 13.5 Å². The molecule has 76 valence electrons. The largest absolute Gasteiger partial charge is 0.375 e. The Labute approximate surface area is 76.7 Å². The van der Waals surface area contributed by atoms with Crippen LogP contribution in [0.1, 0.15) is 13.3 Å². The van der Waals surface area contributed by atoms with Crippen molar-refractivity contribution in [3.8, 4) is 6.07 Å². The van der Waals surface area contributed by atoms with E-state index in [0.29, 0.717) is 13.0 Å². The molecule has 1 atom stereocenters. The van der Waals surface area contributed by atoms with Gasteiger partial charge in [0.05, 0.1) is 12.1 Å². The summed E-state index contributed by atoms with van der Waals surface area (Å²) in [5.41, 5.74) is 0. The van der Waals surface area contributed by atoms with Crippen molar-refractivity contribution in [1.29, 1.82) is 5.26 Å². The number of nitriles is 1. The summed E-state index contributed by atoms with van der Waals surface area (Å²) in [5, 5.41) is 11.4. The first-order chi connectivity index (χ1) is 6.20. The molecule has 0 fully saturated rings. The van der Waals surface area contributed by atoms with Crippen LogP contribution in [0, 0.1) is 11.3 Å². The lowest BCUT2D eigenvalue weighted by atomic mass is 10.2. The van der Waals surface area contributed by atoms with Crippen molar-refractivity contribution in [1.82, 2.24) is 5.32 Å². The molecule has 0 aromatic rings. The number of halogens is 2. The van der Waals surface area contributed by atoms with Crippen molar-refractivity contribution in [3.63, 3.8) is 0 Å². The van der Waals surface area contributed by atoms with E-state index in [-0.39, 0.29) is 12.6 Å². The molecule has 1 unspecified atom stereocenters. The third-order valence-corrected chi connectivity index (χ3v) is 1.40. The summed E-state index contributed by atoms with van der Waals surface area (Å²) in [6.07, 6.45) is -1.99. The topological polar surface area (TPSA) is 45.0 Å². The van der Waals surface area contributed by atoms with Crippen LogP contribution in [0.2, 0.25) is 0 Å². The van der Waals surface area contributed by atoms with E-state index in [1.165, 1.54) is 0 Å². The van der Waals surface area contributed by atoms with E-state index >= 15 is 0 Å². The van der Waals surface area contributed by atoms with Gasteiger partial charge in [-0.1, -0.05) is 6.92 Å². The van der Waals surface area contributed by atoms with Gasteiger partial charge in [0, 0.05) is 6.61 Å². The molecule has 0 aromatic carbocycles. The highest BCUT2D eigenvalue weighted by Gasteiger charge is 2.06. The average Bonchev–Trinajstić information content (AvgIpc) is 2.10. The fourth-order valence-electron chi connectivity index (χ4n) is 0.832. The molecule has 0 spiro atoms. The first kappa shape index (κ1) is 12.3. The summed E-state index contributed by atoms with van der Waals surface area (Å²) >= 11 is 0. The Bertz CT molecular complexity index is 159. The monoisotopic (exact) mass is 192 g/mol. The zero-order chi connectivity index (χ0) is 10.1. The lowest BCUT2D eigenvalue weighted by molar-refractivity contribution is 0.0156. The predicted octanol–water partition coefficient (Wildman–Crippen LogP) is 1.16. The van der Waals surface area contributed by atoms with Crippen LogP contribution in [-0.2, 0) is 4.74 Å². The highest BCUT2D eigenvalue weighted by atomic mass is 19.3. The Balaban J connectivity index is 3.34. The number of hydrogen-bond donors (Lipinski definition) is 1. The molecule has 1 N–H and O–H groups in total. The van der Waals surface area contributed by atoms with Crippen LogP contribution in [0.4, 0.5) is 8.78 Å². The van der Waals surface area contributed by atoms with E-state index < -0.39 is 13.0 Å². The van der Waals surface area contributed by atoms with Gasteiger partial charge in [0.15, 0.2) is 0 Å². The second-order valence-corrected chi connectivity index (χ2v) is 2.49. The maximum Gasteiger partial charge on any atom is 0.261 e. The molecule has 0 bridgehead atoms.